The molecule has 4 fully saturated rings. The maximum atomic E-state index is 11.9. The number of carboxylic acid groups (broad SMARTS) is 1. The molecule has 3 aromatic carbocycles. The van der Waals surface area contributed by atoms with Crippen molar-refractivity contribution in [2.24, 2.45) is 17.8 Å². The highest BCUT2D eigenvalue weighted by Crippen LogP contribution is 2.65. The minimum Gasteiger partial charge on any atom is -0.492 e. The Morgan fingerprint density at radius 3 is 2.18 bits per heavy atom. The van der Waals surface area contributed by atoms with Gasteiger partial charge in [-0.3, -0.25) is 0 Å². The van der Waals surface area contributed by atoms with Crippen LogP contribution in [0.3, 0.4) is 0 Å². The van der Waals surface area contributed by atoms with E-state index in [2.05, 4.69) is 53.7 Å². The highest BCUT2D eigenvalue weighted by molar-refractivity contribution is 5.95. The molecule has 6 heteroatoms. The number of anilines is 4. The fourth-order valence-electron chi connectivity index (χ4n) is 7.60. The summed E-state index contributed by atoms with van der Waals surface area (Å²) in [6.45, 7) is 1.26. The minimum atomic E-state index is -0.992. The Bertz CT molecular complexity index is 1320. The van der Waals surface area contributed by atoms with E-state index in [0.29, 0.717) is 23.5 Å². The van der Waals surface area contributed by atoms with Gasteiger partial charge in [0.2, 0.25) is 0 Å². The lowest BCUT2D eigenvalue weighted by Crippen LogP contribution is -2.27. The molecule has 0 aromatic heterocycles. The first-order chi connectivity index (χ1) is 18.8. The fraction of sp³-hybridized carbons (Fsp3) is 0.424. The van der Waals surface area contributed by atoms with E-state index in [-0.39, 0.29) is 5.56 Å². The molecule has 4 saturated carbocycles. The summed E-state index contributed by atoms with van der Waals surface area (Å²) in [6, 6.07) is 22.5. The second-order valence-corrected chi connectivity index (χ2v) is 12.1. The van der Waals surface area contributed by atoms with Gasteiger partial charge in [0.25, 0.3) is 0 Å². The molecule has 0 spiro atoms. The summed E-state index contributed by atoms with van der Waals surface area (Å²) in [6.07, 6.45) is 7.15. The van der Waals surface area contributed by atoms with Gasteiger partial charge in [0.1, 0.15) is 12.4 Å². The first kappa shape index (κ1) is 25.8. The molecule has 0 radical (unpaired) electrons. The average Bonchev–Trinajstić information content (AvgIpc) is 3.33. The Labute approximate surface area is 231 Å². The van der Waals surface area contributed by atoms with Crippen molar-refractivity contribution < 1.29 is 14.6 Å². The number of likely N-dealkylation sites (N-methyl/N-ethyl adjacent to an activating group) is 1. The highest BCUT2D eigenvalue weighted by Gasteiger charge is 2.58. The second-order valence-electron chi connectivity index (χ2n) is 12.1. The second kappa shape index (κ2) is 10.2. The van der Waals surface area contributed by atoms with Crippen LogP contribution in [0.1, 0.15) is 48.0 Å². The van der Waals surface area contributed by atoms with Crippen molar-refractivity contribution in [2.75, 3.05) is 44.5 Å². The van der Waals surface area contributed by atoms with Crippen LogP contribution >= 0.6 is 0 Å². The third kappa shape index (κ3) is 4.98. The molecule has 4 aliphatic rings. The average molecular weight is 526 g/mol. The summed E-state index contributed by atoms with van der Waals surface area (Å²) in [5, 5.41) is 13.0. The number of hydrogen-bond donors (Lipinski definition) is 2. The van der Waals surface area contributed by atoms with Crippen molar-refractivity contribution in [3.8, 4) is 5.75 Å². The summed E-state index contributed by atoms with van der Waals surface area (Å²) >= 11 is 0. The molecule has 2 N–H and O–H groups in total. The topological polar surface area (TPSA) is 65.0 Å². The predicted molar refractivity (Wildman–Crippen MR) is 157 cm³/mol. The first-order valence-electron chi connectivity index (χ1n) is 14.2. The molecule has 0 amide bonds. The quantitative estimate of drug-likeness (QED) is 0.300. The standard InChI is InChI=1S/C33H39N3O3/c1-35(2)14-15-39-29-12-13-31(30(19-29)32(37)38)34-26-6-10-28(11-7-26)36(3)27-8-4-24(5-9-27)33-20-22-16-23(21-33)18-25(33)17-22/h4-13,19,22-23,25,34H,14-18,20-21H2,1-3H3,(H,37,38). The van der Waals surface area contributed by atoms with Crippen molar-refractivity contribution in [1.29, 1.82) is 0 Å². The molecular formula is C33H39N3O3. The zero-order chi connectivity index (χ0) is 27.1. The molecular weight excluding hydrogens is 486 g/mol. The Morgan fingerprint density at radius 2 is 1.56 bits per heavy atom. The number of nitrogens with one attached hydrogen (secondary N) is 1. The monoisotopic (exact) mass is 525 g/mol. The van der Waals surface area contributed by atoms with Crippen molar-refractivity contribution in [3.63, 3.8) is 0 Å². The van der Waals surface area contributed by atoms with Gasteiger partial charge in [0.15, 0.2) is 0 Å². The zero-order valence-corrected chi connectivity index (χ0v) is 23.2. The van der Waals surface area contributed by atoms with Crippen molar-refractivity contribution in [1.82, 2.24) is 4.90 Å². The summed E-state index contributed by atoms with van der Waals surface area (Å²) in [5.41, 5.74) is 5.80. The van der Waals surface area contributed by atoms with E-state index in [9.17, 15) is 9.90 Å². The minimum absolute atomic E-state index is 0.183. The third-order valence-electron chi connectivity index (χ3n) is 9.38. The molecule has 2 unspecified atom stereocenters. The normalized spacial score (nSPS) is 24.8. The molecule has 39 heavy (non-hydrogen) atoms. The van der Waals surface area contributed by atoms with Gasteiger partial charge in [0.05, 0.1) is 11.3 Å². The Kier molecular flexibility index (Phi) is 6.76. The molecule has 204 valence electrons. The smallest absolute Gasteiger partial charge is 0.337 e. The van der Waals surface area contributed by atoms with Crippen LogP contribution in [-0.2, 0) is 5.41 Å². The van der Waals surface area contributed by atoms with Crippen molar-refractivity contribution in [2.45, 2.75) is 37.5 Å². The number of hydrogen-bond acceptors (Lipinski definition) is 5. The fourth-order valence-corrected chi connectivity index (χ4v) is 7.60. The first-order valence-corrected chi connectivity index (χ1v) is 14.2. The number of benzene rings is 3. The molecule has 6 nitrogen and oxygen atoms in total. The SMILES string of the molecule is CN(C)CCOc1ccc(Nc2ccc(N(C)c3ccc(C45CC6CC(CC4C6)C5)cc3)cc2)c(C(=O)O)c1. The largest absolute Gasteiger partial charge is 0.492 e. The molecule has 2 atom stereocenters. The van der Waals surface area contributed by atoms with Crippen molar-refractivity contribution >= 4 is 28.7 Å². The maximum Gasteiger partial charge on any atom is 0.337 e. The molecule has 0 aliphatic heterocycles. The van der Waals surface area contributed by atoms with Crippen LogP contribution in [0.2, 0.25) is 0 Å². The van der Waals surface area contributed by atoms with Gasteiger partial charge in [-0.25, -0.2) is 4.79 Å². The number of carboxylic acids is 1. The maximum absolute atomic E-state index is 11.9. The van der Waals surface area contributed by atoms with Crippen LogP contribution in [0.25, 0.3) is 0 Å². The Hall–Kier alpha value is -3.51. The van der Waals surface area contributed by atoms with Crippen LogP contribution in [-0.4, -0.2) is 50.3 Å². The number of nitrogens with zero attached hydrogens (tertiary/aromatic N) is 2. The summed E-state index contributed by atoms with van der Waals surface area (Å²) in [7, 11) is 6.04. The number of carbonyl (C=O) groups is 1. The van der Waals surface area contributed by atoms with Crippen LogP contribution in [0.4, 0.5) is 22.7 Å². The lowest BCUT2D eigenvalue weighted by atomic mass is 9.71. The summed E-state index contributed by atoms with van der Waals surface area (Å²) in [5.74, 6) is 2.38. The number of aromatic carboxylic acids is 1. The zero-order valence-electron chi connectivity index (χ0n) is 23.2. The van der Waals surface area contributed by atoms with Gasteiger partial charge in [-0.1, -0.05) is 12.1 Å². The van der Waals surface area contributed by atoms with Gasteiger partial charge < -0.3 is 25.0 Å². The van der Waals surface area contributed by atoms with Gasteiger partial charge >= 0.3 is 5.97 Å². The van der Waals surface area contributed by atoms with Gasteiger partial charge in [-0.05, 0) is 130 Å². The van der Waals surface area contributed by atoms with Crippen LogP contribution < -0.4 is 15.0 Å². The number of ether oxygens (including phenoxy) is 1. The molecule has 0 saturated heterocycles. The van der Waals surface area contributed by atoms with Crippen molar-refractivity contribution in [3.05, 3.63) is 77.9 Å². The van der Waals surface area contributed by atoms with Crippen LogP contribution in [0, 0.1) is 17.8 Å². The summed E-state index contributed by atoms with van der Waals surface area (Å²) < 4.78 is 5.72. The van der Waals surface area contributed by atoms with Gasteiger partial charge in [0, 0.05) is 30.7 Å². The molecule has 7 rings (SSSR count). The molecule has 3 aromatic rings. The summed E-state index contributed by atoms with van der Waals surface area (Å²) in [4.78, 5) is 16.1. The Morgan fingerprint density at radius 1 is 0.923 bits per heavy atom. The van der Waals surface area contributed by atoms with E-state index in [1.807, 2.05) is 31.1 Å². The van der Waals surface area contributed by atoms with E-state index in [1.54, 1.807) is 23.8 Å². The Balaban J connectivity index is 1.12. The van der Waals surface area contributed by atoms with Gasteiger partial charge in [-0.15, -0.1) is 0 Å². The van der Waals surface area contributed by atoms with Crippen LogP contribution in [0.15, 0.2) is 66.7 Å². The molecule has 4 aliphatic carbocycles. The lowest BCUT2D eigenvalue weighted by Gasteiger charge is -2.34. The van der Waals surface area contributed by atoms with E-state index >= 15 is 0 Å². The molecule has 0 heterocycles. The van der Waals surface area contributed by atoms with Crippen LogP contribution in [0.5, 0.6) is 5.75 Å². The van der Waals surface area contributed by atoms with E-state index in [4.69, 9.17) is 4.74 Å². The van der Waals surface area contributed by atoms with Gasteiger partial charge in [-0.2, -0.15) is 0 Å². The third-order valence-corrected chi connectivity index (χ3v) is 9.38. The van der Waals surface area contributed by atoms with E-state index in [1.165, 1.54) is 37.8 Å². The number of rotatable bonds is 10. The molecule has 4 bridgehead atoms. The highest BCUT2D eigenvalue weighted by atomic mass is 16.5. The van der Waals surface area contributed by atoms with E-state index in [0.717, 1.165) is 35.7 Å². The predicted octanol–water partition coefficient (Wildman–Crippen LogP) is 6.91. The lowest BCUT2D eigenvalue weighted by molar-refractivity contribution is 0.0697. The van der Waals surface area contributed by atoms with E-state index < -0.39 is 5.97 Å².